The molecule has 112 valence electrons. The molecule has 0 saturated heterocycles. The number of esters is 1. The standard InChI is InChI=1S/C14H12F3NO3/c1-9-11(7-12(19)20-8-14(15,16)17)18-13(21-9)10-5-3-2-4-6-10/h2-6H,7-8H2,1H3. The monoisotopic (exact) mass is 299 g/mol. The molecule has 0 N–H and O–H groups in total. The van der Waals surface area contributed by atoms with Crippen LogP contribution in [0, 0.1) is 6.92 Å². The Balaban J connectivity index is 2.05. The summed E-state index contributed by atoms with van der Waals surface area (Å²) in [5.41, 5.74) is 0.983. The van der Waals surface area contributed by atoms with Gasteiger partial charge in [0.2, 0.25) is 5.89 Å². The zero-order valence-corrected chi connectivity index (χ0v) is 11.1. The molecule has 0 bridgehead atoms. The maximum absolute atomic E-state index is 11.9. The summed E-state index contributed by atoms with van der Waals surface area (Å²) in [6, 6.07) is 8.97. The topological polar surface area (TPSA) is 52.3 Å². The summed E-state index contributed by atoms with van der Waals surface area (Å²) >= 11 is 0. The number of alkyl halides is 3. The van der Waals surface area contributed by atoms with Crippen LogP contribution in [-0.2, 0) is 16.0 Å². The molecule has 4 nitrogen and oxygen atoms in total. The minimum absolute atomic E-state index is 0.265. The number of aryl methyl sites for hydroxylation is 1. The minimum atomic E-state index is -4.54. The summed E-state index contributed by atoms with van der Waals surface area (Å²) in [6.07, 6.45) is -4.90. The van der Waals surface area contributed by atoms with Crippen LogP contribution in [0.1, 0.15) is 11.5 Å². The summed E-state index contributed by atoms with van der Waals surface area (Å²) in [4.78, 5) is 15.5. The molecule has 1 aromatic carbocycles. The Hall–Kier alpha value is -2.31. The predicted octanol–water partition coefficient (Wildman–Crippen LogP) is 3.30. The molecular formula is C14H12F3NO3. The summed E-state index contributed by atoms with van der Waals surface area (Å²) in [7, 11) is 0. The first kappa shape index (κ1) is 15.1. The Kier molecular flexibility index (Phi) is 4.30. The molecule has 2 aromatic rings. The normalized spacial score (nSPS) is 11.4. The summed E-state index contributed by atoms with van der Waals surface area (Å²) < 4.78 is 45.4. The molecule has 21 heavy (non-hydrogen) atoms. The molecule has 2 rings (SSSR count). The summed E-state index contributed by atoms with van der Waals surface area (Å²) in [5, 5.41) is 0. The molecule has 0 aliphatic heterocycles. The first-order chi connectivity index (χ1) is 9.85. The Bertz CT molecular complexity index is 620. The van der Waals surface area contributed by atoms with E-state index in [2.05, 4.69) is 9.72 Å². The number of rotatable bonds is 4. The lowest BCUT2D eigenvalue weighted by atomic mass is 10.2. The van der Waals surface area contributed by atoms with Crippen LogP contribution >= 0.6 is 0 Å². The first-order valence-electron chi connectivity index (χ1n) is 6.09. The molecule has 0 aliphatic carbocycles. The first-order valence-corrected chi connectivity index (χ1v) is 6.09. The second-order valence-corrected chi connectivity index (χ2v) is 4.34. The van der Waals surface area contributed by atoms with E-state index in [9.17, 15) is 18.0 Å². The van der Waals surface area contributed by atoms with Crippen LogP contribution in [0.15, 0.2) is 34.7 Å². The van der Waals surface area contributed by atoms with Crippen molar-refractivity contribution in [2.45, 2.75) is 19.5 Å². The van der Waals surface area contributed by atoms with Gasteiger partial charge in [0.15, 0.2) is 6.61 Å². The van der Waals surface area contributed by atoms with Gasteiger partial charge in [-0.05, 0) is 19.1 Å². The molecule has 0 fully saturated rings. The van der Waals surface area contributed by atoms with Gasteiger partial charge in [0.05, 0.1) is 12.1 Å². The van der Waals surface area contributed by atoms with E-state index in [4.69, 9.17) is 4.42 Å². The number of oxazole rings is 1. The van der Waals surface area contributed by atoms with E-state index in [1.165, 1.54) is 0 Å². The van der Waals surface area contributed by atoms with Crippen molar-refractivity contribution in [3.63, 3.8) is 0 Å². The number of carbonyl (C=O) groups is 1. The Labute approximate surface area is 118 Å². The van der Waals surface area contributed by atoms with Gasteiger partial charge in [-0.25, -0.2) is 4.98 Å². The highest BCUT2D eigenvalue weighted by atomic mass is 19.4. The number of halogens is 3. The molecule has 0 spiro atoms. The Morgan fingerprint density at radius 1 is 1.29 bits per heavy atom. The van der Waals surface area contributed by atoms with Gasteiger partial charge in [-0.2, -0.15) is 13.2 Å². The van der Waals surface area contributed by atoms with Crippen LogP contribution < -0.4 is 0 Å². The van der Waals surface area contributed by atoms with Gasteiger partial charge in [-0.3, -0.25) is 4.79 Å². The largest absolute Gasteiger partial charge is 0.456 e. The van der Waals surface area contributed by atoms with E-state index in [1.54, 1.807) is 31.2 Å². The molecule has 0 atom stereocenters. The van der Waals surface area contributed by atoms with Gasteiger partial charge in [0.25, 0.3) is 0 Å². The lowest BCUT2D eigenvalue weighted by Gasteiger charge is -2.06. The third kappa shape index (κ3) is 4.34. The number of hydrogen-bond acceptors (Lipinski definition) is 4. The van der Waals surface area contributed by atoms with Gasteiger partial charge in [0, 0.05) is 5.56 Å². The zero-order chi connectivity index (χ0) is 15.5. The third-order valence-corrected chi connectivity index (χ3v) is 2.62. The fourth-order valence-electron chi connectivity index (χ4n) is 1.65. The lowest BCUT2D eigenvalue weighted by molar-refractivity contribution is -0.185. The van der Waals surface area contributed by atoms with Gasteiger partial charge in [0.1, 0.15) is 5.76 Å². The van der Waals surface area contributed by atoms with Crippen molar-refractivity contribution in [2.24, 2.45) is 0 Å². The van der Waals surface area contributed by atoms with Gasteiger partial charge >= 0.3 is 12.1 Å². The number of aromatic nitrogens is 1. The Morgan fingerprint density at radius 2 is 1.95 bits per heavy atom. The van der Waals surface area contributed by atoms with Gasteiger partial charge in [-0.15, -0.1) is 0 Å². The van der Waals surface area contributed by atoms with Crippen molar-refractivity contribution in [1.29, 1.82) is 0 Å². The molecule has 1 heterocycles. The van der Waals surface area contributed by atoms with Crippen LogP contribution in [0.4, 0.5) is 13.2 Å². The fraction of sp³-hybridized carbons (Fsp3) is 0.286. The average Bonchev–Trinajstić information content (AvgIpc) is 2.78. The van der Waals surface area contributed by atoms with Crippen LogP contribution in [-0.4, -0.2) is 23.7 Å². The second kappa shape index (κ2) is 5.99. The van der Waals surface area contributed by atoms with Crippen molar-refractivity contribution < 1.29 is 27.1 Å². The van der Waals surface area contributed by atoms with Crippen molar-refractivity contribution in [3.8, 4) is 11.5 Å². The SMILES string of the molecule is Cc1oc(-c2ccccc2)nc1CC(=O)OCC(F)(F)F. The third-order valence-electron chi connectivity index (χ3n) is 2.62. The highest BCUT2D eigenvalue weighted by Crippen LogP contribution is 2.22. The van der Waals surface area contributed by atoms with E-state index in [-0.39, 0.29) is 12.1 Å². The smallest absolute Gasteiger partial charge is 0.422 e. The van der Waals surface area contributed by atoms with E-state index >= 15 is 0 Å². The maximum Gasteiger partial charge on any atom is 0.422 e. The molecule has 0 aliphatic rings. The number of carbonyl (C=O) groups excluding carboxylic acids is 1. The van der Waals surface area contributed by atoms with Gasteiger partial charge < -0.3 is 9.15 Å². The Morgan fingerprint density at radius 3 is 2.57 bits per heavy atom. The zero-order valence-electron chi connectivity index (χ0n) is 11.1. The number of benzene rings is 1. The van der Waals surface area contributed by atoms with Crippen LogP contribution in [0.2, 0.25) is 0 Å². The average molecular weight is 299 g/mol. The minimum Gasteiger partial charge on any atom is -0.456 e. The lowest BCUT2D eigenvalue weighted by Crippen LogP contribution is -2.21. The van der Waals surface area contributed by atoms with Crippen molar-refractivity contribution in [2.75, 3.05) is 6.61 Å². The van der Waals surface area contributed by atoms with E-state index in [0.717, 1.165) is 5.56 Å². The molecular weight excluding hydrogens is 287 g/mol. The number of ether oxygens (including phenoxy) is 1. The maximum atomic E-state index is 11.9. The summed E-state index contributed by atoms with van der Waals surface area (Å²) in [6.45, 7) is -0.0138. The molecule has 7 heteroatoms. The van der Waals surface area contributed by atoms with Crippen LogP contribution in [0.25, 0.3) is 11.5 Å². The van der Waals surface area contributed by atoms with E-state index in [1.807, 2.05) is 6.07 Å². The van der Waals surface area contributed by atoms with Crippen molar-refractivity contribution >= 4 is 5.97 Å². The second-order valence-electron chi connectivity index (χ2n) is 4.34. The van der Waals surface area contributed by atoms with E-state index < -0.39 is 18.8 Å². The van der Waals surface area contributed by atoms with Crippen LogP contribution in [0.3, 0.4) is 0 Å². The molecule has 0 unspecified atom stereocenters. The number of nitrogens with zero attached hydrogens (tertiary/aromatic N) is 1. The molecule has 0 radical (unpaired) electrons. The van der Waals surface area contributed by atoms with Crippen LogP contribution in [0.5, 0.6) is 0 Å². The quantitative estimate of drug-likeness (QED) is 0.813. The highest BCUT2D eigenvalue weighted by molar-refractivity contribution is 5.72. The van der Waals surface area contributed by atoms with Crippen molar-refractivity contribution in [1.82, 2.24) is 4.98 Å². The highest BCUT2D eigenvalue weighted by Gasteiger charge is 2.29. The number of hydrogen-bond donors (Lipinski definition) is 0. The van der Waals surface area contributed by atoms with Gasteiger partial charge in [-0.1, -0.05) is 18.2 Å². The predicted molar refractivity (Wildman–Crippen MR) is 67.4 cm³/mol. The summed E-state index contributed by atoms with van der Waals surface area (Å²) in [5.74, 6) is -0.312. The molecule has 1 aromatic heterocycles. The molecule has 0 amide bonds. The molecule has 0 saturated carbocycles. The van der Waals surface area contributed by atoms with Crippen molar-refractivity contribution in [3.05, 3.63) is 41.8 Å². The fourth-order valence-corrected chi connectivity index (χ4v) is 1.65. The van der Waals surface area contributed by atoms with E-state index in [0.29, 0.717) is 11.7 Å².